The molecule has 0 aromatic carbocycles. The molecule has 0 radical (unpaired) electrons. The fourth-order valence-electron chi connectivity index (χ4n) is 4.30. The Labute approximate surface area is 194 Å². The predicted molar refractivity (Wildman–Crippen MR) is 132 cm³/mol. The monoisotopic (exact) mass is 454 g/mol. The second kappa shape index (κ2) is 9.56. The smallest absolute Gasteiger partial charge is 0.180 e. The number of imidazole rings is 1. The number of anilines is 2. The molecule has 0 atom stereocenters. The molecule has 2 aliphatic rings. The Hall–Kier alpha value is -2.49. The number of hydrogen-bond acceptors (Lipinski definition) is 8. The first-order valence-electron chi connectivity index (χ1n) is 11.5. The number of nitrogens with one attached hydrogen (secondary N) is 3. The van der Waals surface area contributed by atoms with Crippen LogP contribution in [0.25, 0.3) is 11.2 Å². The van der Waals surface area contributed by atoms with Gasteiger partial charge in [-0.25, -0.2) is 15.4 Å². The number of hydrogen-bond donors (Lipinski definition) is 3. The van der Waals surface area contributed by atoms with E-state index in [-0.39, 0.29) is 5.54 Å². The van der Waals surface area contributed by atoms with Crippen molar-refractivity contribution in [3.05, 3.63) is 41.7 Å². The number of nitrogens with zero attached hydrogens (tertiary/aromatic N) is 5. The molecule has 0 spiro atoms. The molecule has 1 fully saturated rings. The summed E-state index contributed by atoms with van der Waals surface area (Å²) in [6.45, 7) is 13.5. The zero-order valence-electron chi connectivity index (χ0n) is 19.7. The Balaban J connectivity index is 0.00000119. The zero-order chi connectivity index (χ0) is 22.7. The van der Waals surface area contributed by atoms with Gasteiger partial charge in [-0.3, -0.25) is 9.30 Å². The molecular weight excluding hydrogens is 420 g/mol. The Kier molecular flexibility index (Phi) is 6.78. The number of aryl methyl sites for hydroxylation is 1. The minimum atomic E-state index is 0.241. The van der Waals surface area contributed by atoms with Crippen LogP contribution in [-0.4, -0.2) is 42.3 Å². The van der Waals surface area contributed by atoms with E-state index in [0.717, 1.165) is 53.2 Å². The molecule has 9 heteroatoms. The molecule has 32 heavy (non-hydrogen) atoms. The maximum Gasteiger partial charge on any atom is 0.180 e. The van der Waals surface area contributed by atoms with E-state index in [9.17, 15) is 0 Å². The predicted octanol–water partition coefficient (Wildman–Crippen LogP) is 4.48. The molecule has 5 rings (SSSR count). The second-order valence-corrected chi connectivity index (χ2v) is 9.54. The molecule has 3 N–H and O–H groups in total. The first-order chi connectivity index (χ1) is 15.5. The van der Waals surface area contributed by atoms with E-state index in [1.54, 1.807) is 0 Å². The van der Waals surface area contributed by atoms with Gasteiger partial charge in [0.15, 0.2) is 11.5 Å². The van der Waals surface area contributed by atoms with Gasteiger partial charge in [-0.05, 0) is 57.8 Å². The van der Waals surface area contributed by atoms with Crippen molar-refractivity contribution < 1.29 is 0 Å². The molecular formula is C23H34N8S. The van der Waals surface area contributed by atoms with Crippen molar-refractivity contribution in [2.24, 2.45) is 0 Å². The Bertz CT molecular complexity index is 1100. The van der Waals surface area contributed by atoms with Gasteiger partial charge in [0, 0.05) is 36.6 Å². The van der Waals surface area contributed by atoms with Gasteiger partial charge in [0.1, 0.15) is 5.00 Å². The minimum absolute atomic E-state index is 0.241. The lowest BCUT2D eigenvalue weighted by atomic mass is 9.90. The molecule has 8 nitrogen and oxygen atoms in total. The summed E-state index contributed by atoms with van der Waals surface area (Å²) in [4.78, 5) is 11.9. The van der Waals surface area contributed by atoms with E-state index in [2.05, 4.69) is 50.4 Å². The third-order valence-electron chi connectivity index (χ3n) is 6.05. The average Bonchev–Trinajstić information content (AvgIpc) is 3.52. The highest BCUT2D eigenvalue weighted by molar-refractivity contribution is 7.10. The SMILES string of the molecule is CC.Cc1cn2c(C3=CNNC3)cnc2c(Nc2cc(CN3CCCCC3(C)C)ns2)n1. The summed E-state index contributed by atoms with van der Waals surface area (Å²) in [6.07, 6.45) is 9.74. The van der Waals surface area contributed by atoms with Gasteiger partial charge >= 0.3 is 0 Å². The third-order valence-corrected chi connectivity index (χ3v) is 6.79. The van der Waals surface area contributed by atoms with Gasteiger partial charge in [0.05, 0.1) is 23.3 Å². The lowest BCUT2D eigenvalue weighted by Crippen LogP contribution is -2.46. The van der Waals surface area contributed by atoms with Crippen LogP contribution < -0.4 is 16.2 Å². The lowest BCUT2D eigenvalue weighted by Gasteiger charge is -2.42. The Morgan fingerprint density at radius 2 is 2.09 bits per heavy atom. The molecule has 1 saturated heterocycles. The van der Waals surface area contributed by atoms with Crippen LogP contribution in [0.1, 0.15) is 64.0 Å². The number of aromatic nitrogens is 4. The van der Waals surface area contributed by atoms with Crippen LogP contribution in [0.5, 0.6) is 0 Å². The summed E-state index contributed by atoms with van der Waals surface area (Å²) in [6, 6.07) is 2.15. The summed E-state index contributed by atoms with van der Waals surface area (Å²) in [7, 11) is 0. The number of likely N-dealkylation sites (tertiary alicyclic amines) is 1. The van der Waals surface area contributed by atoms with Crippen LogP contribution in [0.15, 0.2) is 24.7 Å². The first-order valence-corrected chi connectivity index (χ1v) is 12.3. The van der Waals surface area contributed by atoms with Crippen LogP contribution in [0, 0.1) is 6.92 Å². The van der Waals surface area contributed by atoms with Crippen LogP contribution in [0.4, 0.5) is 10.8 Å². The van der Waals surface area contributed by atoms with E-state index >= 15 is 0 Å². The molecule has 2 aliphatic heterocycles. The molecule has 3 aromatic rings. The maximum atomic E-state index is 4.71. The highest BCUT2D eigenvalue weighted by Gasteiger charge is 2.30. The Morgan fingerprint density at radius 3 is 2.84 bits per heavy atom. The summed E-state index contributed by atoms with van der Waals surface area (Å²) < 4.78 is 6.80. The van der Waals surface area contributed by atoms with E-state index < -0.39 is 0 Å². The first kappa shape index (κ1) is 22.7. The second-order valence-electron chi connectivity index (χ2n) is 8.73. The molecule has 0 bridgehead atoms. The Morgan fingerprint density at radius 1 is 1.25 bits per heavy atom. The number of hydrazine groups is 1. The summed E-state index contributed by atoms with van der Waals surface area (Å²) in [5.41, 5.74) is 11.5. The van der Waals surface area contributed by atoms with Crippen LogP contribution in [-0.2, 0) is 6.54 Å². The van der Waals surface area contributed by atoms with E-state index in [1.807, 2.05) is 39.4 Å². The highest BCUT2D eigenvalue weighted by atomic mass is 32.1. The summed E-state index contributed by atoms with van der Waals surface area (Å²) >= 11 is 1.48. The average molecular weight is 455 g/mol. The van der Waals surface area contributed by atoms with Crippen molar-refractivity contribution in [3.8, 4) is 0 Å². The van der Waals surface area contributed by atoms with Gasteiger partial charge in [0.2, 0.25) is 0 Å². The van der Waals surface area contributed by atoms with E-state index in [0.29, 0.717) is 0 Å². The van der Waals surface area contributed by atoms with Crippen LogP contribution >= 0.6 is 11.5 Å². The zero-order valence-corrected chi connectivity index (χ0v) is 20.5. The topological polar surface area (TPSA) is 82.4 Å². The number of piperidine rings is 1. The van der Waals surface area contributed by atoms with Crippen molar-refractivity contribution in [1.82, 2.24) is 34.5 Å². The molecule has 5 heterocycles. The standard InChI is InChI=1S/C21H28N8S.C2H6/c1-14-12-29-17(15-9-23-24-10-15)11-22-20(29)19(25-14)26-18-8-16(27-30-18)13-28-7-5-4-6-21(28,2)3;1-2/h8-9,11-12,23-24H,4-7,10,13H2,1-3H3,(H,25,26);1-2H3. The van der Waals surface area contributed by atoms with Crippen molar-refractivity contribution >= 4 is 33.6 Å². The van der Waals surface area contributed by atoms with Crippen molar-refractivity contribution in [2.75, 3.05) is 18.4 Å². The minimum Gasteiger partial charge on any atom is -0.328 e. The summed E-state index contributed by atoms with van der Waals surface area (Å²) in [5.74, 6) is 0.759. The number of rotatable bonds is 5. The largest absolute Gasteiger partial charge is 0.328 e. The molecule has 0 saturated carbocycles. The highest BCUT2D eigenvalue weighted by Crippen LogP contribution is 2.31. The molecule has 3 aromatic heterocycles. The van der Waals surface area contributed by atoms with Crippen molar-refractivity contribution in [1.29, 1.82) is 0 Å². The fraction of sp³-hybridized carbons (Fsp3) is 0.522. The number of fused-ring (bicyclic) bond motifs is 1. The van der Waals surface area contributed by atoms with Gasteiger partial charge in [0.25, 0.3) is 0 Å². The quantitative estimate of drug-likeness (QED) is 0.524. The van der Waals surface area contributed by atoms with Crippen LogP contribution in [0.3, 0.4) is 0 Å². The van der Waals surface area contributed by atoms with Gasteiger partial charge in [-0.15, -0.1) is 0 Å². The molecule has 0 amide bonds. The normalized spacial score (nSPS) is 18.1. The van der Waals surface area contributed by atoms with Gasteiger partial charge in [-0.1, -0.05) is 20.3 Å². The maximum absolute atomic E-state index is 4.71. The summed E-state index contributed by atoms with van der Waals surface area (Å²) in [5, 5.41) is 4.46. The van der Waals surface area contributed by atoms with Crippen molar-refractivity contribution in [2.45, 2.75) is 66.0 Å². The van der Waals surface area contributed by atoms with Gasteiger partial charge in [-0.2, -0.15) is 4.37 Å². The van der Waals surface area contributed by atoms with Crippen LogP contribution in [0.2, 0.25) is 0 Å². The molecule has 0 aliphatic carbocycles. The van der Waals surface area contributed by atoms with Gasteiger partial charge < -0.3 is 10.7 Å². The van der Waals surface area contributed by atoms with E-state index in [4.69, 9.17) is 9.36 Å². The molecule has 172 valence electrons. The third kappa shape index (κ3) is 4.65. The fourth-order valence-corrected chi connectivity index (χ4v) is 4.96. The molecule has 0 unspecified atom stereocenters. The van der Waals surface area contributed by atoms with Crippen molar-refractivity contribution in [3.63, 3.8) is 0 Å². The lowest BCUT2D eigenvalue weighted by molar-refractivity contribution is 0.0682. The van der Waals surface area contributed by atoms with E-state index in [1.165, 1.54) is 36.4 Å².